The molecular weight excluding hydrogens is 440 g/mol. The molecule has 0 aliphatic carbocycles. The van der Waals surface area contributed by atoms with Gasteiger partial charge < -0.3 is 4.74 Å². The molecule has 2 rings (SSSR count). The van der Waals surface area contributed by atoms with E-state index < -0.39 is 26.0 Å². The van der Waals surface area contributed by atoms with Gasteiger partial charge in [0, 0.05) is 28.2 Å². The van der Waals surface area contributed by atoms with Gasteiger partial charge in [-0.3, -0.25) is 0 Å². The third kappa shape index (κ3) is 5.14. The van der Waals surface area contributed by atoms with Crippen LogP contribution in [0.1, 0.15) is 15.9 Å². The Morgan fingerprint density at radius 3 is 2.14 bits per heavy atom. The lowest BCUT2D eigenvalue weighted by atomic mass is 10.2. The lowest BCUT2D eigenvalue weighted by molar-refractivity contribution is 0.0472. The molecule has 0 atom stereocenters. The summed E-state index contributed by atoms with van der Waals surface area (Å²) in [4.78, 5) is 12.2. The first-order valence-corrected chi connectivity index (χ1v) is 11.5. The highest BCUT2D eigenvalue weighted by molar-refractivity contribution is 7.89. The van der Waals surface area contributed by atoms with E-state index in [4.69, 9.17) is 16.3 Å². The Kier molecular flexibility index (Phi) is 7.07. The maximum atomic E-state index is 12.4. The van der Waals surface area contributed by atoms with Crippen molar-refractivity contribution in [2.75, 3.05) is 28.2 Å². The van der Waals surface area contributed by atoms with Gasteiger partial charge in [0.1, 0.15) is 11.5 Å². The van der Waals surface area contributed by atoms with Crippen molar-refractivity contribution < 1.29 is 26.4 Å². The Bertz CT molecular complexity index is 1130. The molecule has 11 heteroatoms. The Morgan fingerprint density at radius 1 is 0.931 bits per heavy atom. The second kappa shape index (κ2) is 8.80. The smallest absolute Gasteiger partial charge is 0.338 e. The number of rotatable bonds is 7. The standard InChI is InChI=1S/C18H21ClN2O6S2/c1-20(2)28(23,24)15-7-5-6-13(10-15)12-27-18(22)14-8-9-16(19)17(11-14)29(25,26)21(3)4/h5-11H,12H2,1-4H3. The maximum absolute atomic E-state index is 12.4. The molecule has 8 nitrogen and oxygen atoms in total. The summed E-state index contributed by atoms with van der Waals surface area (Å²) in [5.41, 5.74) is 0.475. The van der Waals surface area contributed by atoms with Gasteiger partial charge in [-0.2, -0.15) is 0 Å². The molecule has 0 saturated carbocycles. The zero-order chi connectivity index (χ0) is 22.0. The number of esters is 1. The number of sulfonamides is 2. The molecule has 0 heterocycles. The van der Waals surface area contributed by atoms with Crippen molar-refractivity contribution in [1.82, 2.24) is 8.61 Å². The average Bonchev–Trinajstić information content (AvgIpc) is 2.66. The number of carbonyl (C=O) groups is 1. The van der Waals surface area contributed by atoms with Gasteiger partial charge in [-0.05, 0) is 35.9 Å². The van der Waals surface area contributed by atoms with E-state index in [0.717, 1.165) is 14.7 Å². The van der Waals surface area contributed by atoms with E-state index in [-0.39, 0.29) is 27.0 Å². The third-order valence-corrected chi connectivity index (χ3v) is 8.08. The Labute approximate surface area is 175 Å². The van der Waals surface area contributed by atoms with Crippen LogP contribution in [0.15, 0.2) is 52.3 Å². The van der Waals surface area contributed by atoms with Crippen LogP contribution >= 0.6 is 11.6 Å². The van der Waals surface area contributed by atoms with Gasteiger partial charge in [0.25, 0.3) is 0 Å². The van der Waals surface area contributed by atoms with Gasteiger partial charge in [0.15, 0.2) is 0 Å². The van der Waals surface area contributed by atoms with Crippen LogP contribution in [0.5, 0.6) is 0 Å². The molecule has 0 N–H and O–H groups in total. The molecule has 0 bridgehead atoms. The van der Waals surface area contributed by atoms with Crippen molar-refractivity contribution in [3.05, 3.63) is 58.6 Å². The topological polar surface area (TPSA) is 101 Å². The number of hydrogen-bond acceptors (Lipinski definition) is 6. The molecule has 29 heavy (non-hydrogen) atoms. The quantitative estimate of drug-likeness (QED) is 0.587. The first-order valence-electron chi connectivity index (χ1n) is 8.28. The molecule has 158 valence electrons. The van der Waals surface area contributed by atoms with Crippen molar-refractivity contribution >= 4 is 37.6 Å². The van der Waals surface area contributed by atoms with Crippen LogP contribution in [-0.2, 0) is 31.4 Å². The molecule has 2 aromatic rings. The van der Waals surface area contributed by atoms with E-state index >= 15 is 0 Å². The minimum atomic E-state index is -3.84. The number of benzene rings is 2. The molecule has 0 unspecified atom stereocenters. The molecule has 0 aliphatic heterocycles. The van der Waals surface area contributed by atoms with E-state index in [1.54, 1.807) is 12.1 Å². The first kappa shape index (κ1) is 23.3. The van der Waals surface area contributed by atoms with Gasteiger partial charge in [0.05, 0.1) is 15.5 Å². The fourth-order valence-electron chi connectivity index (χ4n) is 2.26. The van der Waals surface area contributed by atoms with E-state index in [9.17, 15) is 21.6 Å². The summed E-state index contributed by atoms with van der Waals surface area (Å²) in [6.07, 6.45) is 0. The zero-order valence-corrected chi connectivity index (χ0v) is 18.7. The molecule has 0 spiro atoms. The minimum Gasteiger partial charge on any atom is -0.457 e. The summed E-state index contributed by atoms with van der Waals surface area (Å²) in [5.74, 6) is -0.766. The van der Waals surface area contributed by atoms with Crippen molar-refractivity contribution in [3.8, 4) is 0 Å². The molecule has 0 aliphatic rings. The second-order valence-corrected chi connectivity index (χ2v) is 11.1. The van der Waals surface area contributed by atoms with Crippen LogP contribution in [0, 0.1) is 0 Å². The lowest BCUT2D eigenvalue weighted by Crippen LogP contribution is -2.23. The first-order chi connectivity index (χ1) is 13.4. The number of nitrogens with zero attached hydrogens (tertiary/aromatic N) is 2. The molecular formula is C18H21ClN2O6S2. The highest BCUT2D eigenvalue weighted by Gasteiger charge is 2.23. The van der Waals surface area contributed by atoms with Crippen LogP contribution < -0.4 is 0 Å². The molecule has 2 aromatic carbocycles. The number of carbonyl (C=O) groups excluding carboxylic acids is 1. The van der Waals surface area contributed by atoms with Crippen LogP contribution in [-0.4, -0.2) is 59.6 Å². The van der Waals surface area contributed by atoms with Crippen LogP contribution in [0.2, 0.25) is 5.02 Å². The highest BCUT2D eigenvalue weighted by atomic mass is 35.5. The third-order valence-electron chi connectivity index (χ3n) is 3.97. The van der Waals surface area contributed by atoms with Crippen molar-refractivity contribution in [2.24, 2.45) is 0 Å². The van der Waals surface area contributed by atoms with Gasteiger partial charge >= 0.3 is 5.97 Å². The number of hydrogen-bond donors (Lipinski definition) is 0. The lowest BCUT2D eigenvalue weighted by Gasteiger charge is -2.14. The van der Waals surface area contributed by atoms with E-state index in [0.29, 0.717) is 5.56 Å². The average molecular weight is 461 g/mol. The molecule has 0 aromatic heterocycles. The summed E-state index contributed by atoms with van der Waals surface area (Å²) in [5, 5.41) is -0.0168. The van der Waals surface area contributed by atoms with Crippen molar-refractivity contribution in [2.45, 2.75) is 16.4 Å². The summed E-state index contributed by atoms with van der Waals surface area (Å²) in [6.45, 7) is -0.186. The predicted octanol–water partition coefficient (Wildman–Crippen LogP) is 2.20. The monoisotopic (exact) mass is 460 g/mol. The Morgan fingerprint density at radius 2 is 1.55 bits per heavy atom. The summed E-state index contributed by atoms with van der Waals surface area (Å²) < 4.78 is 56.3. The van der Waals surface area contributed by atoms with Gasteiger partial charge in [-0.1, -0.05) is 23.7 Å². The van der Waals surface area contributed by atoms with Gasteiger partial charge in [-0.15, -0.1) is 0 Å². The number of halogens is 1. The van der Waals surface area contributed by atoms with Crippen LogP contribution in [0.4, 0.5) is 0 Å². The highest BCUT2D eigenvalue weighted by Crippen LogP contribution is 2.25. The van der Waals surface area contributed by atoms with E-state index in [1.807, 2.05) is 0 Å². The zero-order valence-electron chi connectivity index (χ0n) is 16.3. The Hall–Kier alpha value is -1.98. The molecule has 0 saturated heterocycles. The minimum absolute atomic E-state index is 0.00638. The second-order valence-electron chi connectivity index (χ2n) is 6.44. The summed E-state index contributed by atoms with van der Waals surface area (Å²) in [7, 11) is -1.91. The van der Waals surface area contributed by atoms with Gasteiger partial charge in [0.2, 0.25) is 20.0 Å². The normalized spacial score (nSPS) is 12.4. The fourth-order valence-corrected chi connectivity index (χ4v) is 4.63. The molecule has 0 fully saturated rings. The number of ether oxygens (including phenoxy) is 1. The largest absolute Gasteiger partial charge is 0.457 e. The van der Waals surface area contributed by atoms with Gasteiger partial charge in [-0.25, -0.2) is 30.2 Å². The Balaban J connectivity index is 2.23. The SMILES string of the molecule is CN(C)S(=O)(=O)c1cccc(COC(=O)c2ccc(Cl)c(S(=O)(=O)N(C)C)c2)c1. The summed E-state index contributed by atoms with van der Waals surface area (Å²) in [6, 6.07) is 9.82. The van der Waals surface area contributed by atoms with Crippen molar-refractivity contribution in [1.29, 1.82) is 0 Å². The fraction of sp³-hybridized carbons (Fsp3) is 0.278. The van der Waals surface area contributed by atoms with E-state index in [1.165, 1.54) is 52.5 Å². The predicted molar refractivity (Wildman–Crippen MR) is 109 cm³/mol. The van der Waals surface area contributed by atoms with E-state index in [2.05, 4.69) is 0 Å². The van der Waals surface area contributed by atoms with Crippen LogP contribution in [0.3, 0.4) is 0 Å². The molecule has 0 radical (unpaired) electrons. The van der Waals surface area contributed by atoms with Crippen molar-refractivity contribution in [3.63, 3.8) is 0 Å². The van der Waals surface area contributed by atoms with Crippen LogP contribution in [0.25, 0.3) is 0 Å². The maximum Gasteiger partial charge on any atom is 0.338 e. The summed E-state index contributed by atoms with van der Waals surface area (Å²) >= 11 is 5.97. The molecule has 0 amide bonds.